The molecule has 8 nitrogen and oxygen atoms in total. The van der Waals surface area contributed by atoms with Crippen LogP contribution in [-0.4, -0.2) is 51.6 Å². The zero-order valence-corrected chi connectivity index (χ0v) is 10.5. The number of hydrogen-bond acceptors (Lipinski definition) is 6. The van der Waals surface area contributed by atoms with E-state index in [1.807, 2.05) is 0 Å². The van der Waals surface area contributed by atoms with Crippen molar-refractivity contribution in [3.05, 3.63) is 16.6 Å². The highest BCUT2D eigenvalue weighted by atomic mass is 16.5. The molecule has 0 radical (unpaired) electrons. The molecule has 0 unspecified atom stereocenters. The van der Waals surface area contributed by atoms with E-state index in [1.165, 1.54) is 15.6 Å². The first kappa shape index (κ1) is 12.7. The number of methoxy groups -OCH3 is 1. The van der Waals surface area contributed by atoms with E-state index in [1.54, 1.807) is 14.2 Å². The number of fused-ring (bicyclic) bond motifs is 1. The molecule has 2 aromatic rings. The van der Waals surface area contributed by atoms with Crippen LogP contribution < -0.4 is 10.9 Å². The fourth-order valence-electron chi connectivity index (χ4n) is 1.61. The minimum Gasteiger partial charge on any atom is -0.383 e. The molecule has 0 aromatic carbocycles. The highest BCUT2D eigenvalue weighted by molar-refractivity contribution is 5.72. The standard InChI is InChI=1S/C10H16N6O2/c1-15-9-8(7-12-15)10(17)16(14-13-9)5-3-11-4-6-18-2/h7,11H,3-6H2,1-2H3. The molecule has 1 N–H and O–H groups in total. The normalized spacial score (nSPS) is 11.2. The summed E-state index contributed by atoms with van der Waals surface area (Å²) in [5.74, 6) is 0. The van der Waals surface area contributed by atoms with Gasteiger partial charge in [-0.05, 0) is 0 Å². The van der Waals surface area contributed by atoms with E-state index in [2.05, 4.69) is 20.7 Å². The number of hydrogen-bond donors (Lipinski definition) is 1. The summed E-state index contributed by atoms with van der Waals surface area (Å²) >= 11 is 0. The number of aromatic nitrogens is 5. The summed E-state index contributed by atoms with van der Waals surface area (Å²) in [6.07, 6.45) is 1.52. The second-order valence-electron chi connectivity index (χ2n) is 3.87. The molecule has 0 spiro atoms. The van der Waals surface area contributed by atoms with Crippen LogP contribution in [0.15, 0.2) is 11.0 Å². The Balaban J connectivity index is 2.05. The Bertz CT molecular complexity index is 575. The van der Waals surface area contributed by atoms with Crippen molar-refractivity contribution in [1.29, 1.82) is 0 Å². The van der Waals surface area contributed by atoms with E-state index in [-0.39, 0.29) is 5.56 Å². The van der Waals surface area contributed by atoms with Gasteiger partial charge in [0.15, 0.2) is 5.65 Å². The zero-order chi connectivity index (χ0) is 13.0. The lowest BCUT2D eigenvalue weighted by Gasteiger charge is -2.05. The van der Waals surface area contributed by atoms with Crippen LogP contribution in [-0.2, 0) is 18.3 Å². The summed E-state index contributed by atoms with van der Waals surface area (Å²) in [5, 5.41) is 15.5. The molecular weight excluding hydrogens is 236 g/mol. The second kappa shape index (κ2) is 5.69. The molecule has 0 saturated heterocycles. The Morgan fingerprint density at radius 2 is 2.28 bits per heavy atom. The average Bonchev–Trinajstić information content (AvgIpc) is 2.74. The second-order valence-corrected chi connectivity index (χ2v) is 3.87. The molecule has 2 aromatic heterocycles. The van der Waals surface area contributed by atoms with Crippen LogP contribution in [0.4, 0.5) is 0 Å². The van der Waals surface area contributed by atoms with E-state index < -0.39 is 0 Å². The predicted octanol–water partition coefficient (Wildman–Crippen LogP) is -1.24. The van der Waals surface area contributed by atoms with Crippen LogP contribution in [0.25, 0.3) is 11.0 Å². The fourth-order valence-corrected chi connectivity index (χ4v) is 1.61. The summed E-state index contributed by atoms with van der Waals surface area (Å²) in [6.45, 7) is 2.50. The molecule has 18 heavy (non-hydrogen) atoms. The summed E-state index contributed by atoms with van der Waals surface area (Å²) in [7, 11) is 3.38. The summed E-state index contributed by atoms with van der Waals surface area (Å²) in [5.41, 5.74) is 0.338. The van der Waals surface area contributed by atoms with Crippen LogP contribution in [0.2, 0.25) is 0 Å². The lowest BCUT2D eigenvalue weighted by Crippen LogP contribution is -2.31. The molecule has 0 fully saturated rings. The third-order valence-corrected chi connectivity index (χ3v) is 2.60. The maximum atomic E-state index is 12.0. The van der Waals surface area contributed by atoms with Gasteiger partial charge in [-0.3, -0.25) is 4.79 Å². The van der Waals surface area contributed by atoms with Crippen LogP contribution in [0.5, 0.6) is 0 Å². The van der Waals surface area contributed by atoms with E-state index >= 15 is 0 Å². The van der Waals surface area contributed by atoms with Gasteiger partial charge in [0, 0.05) is 27.2 Å². The molecule has 8 heteroatoms. The quantitative estimate of drug-likeness (QED) is 0.647. The Kier molecular flexibility index (Phi) is 4.00. The Morgan fingerprint density at radius 1 is 1.44 bits per heavy atom. The highest BCUT2D eigenvalue weighted by Crippen LogP contribution is 2.01. The maximum absolute atomic E-state index is 12.0. The number of ether oxygens (including phenoxy) is 1. The first-order chi connectivity index (χ1) is 8.74. The van der Waals surface area contributed by atoms with Crippen molar-refractivity contribution < 1.29 is 4.74 Å². The largest absolute Gasteiger partial charge is 0.383 e. The number of nitrogens with one attached hydrogen (secondary N) is 1. The van der Waals surface area contributed by atoms with Gasteiger partial charge in [-0.25, -0.2) is 9.36 Å². The van der Waals surface area contributed by atoms with Crippen LogP contribution in [0.1, 0.15) is 0 Å². The van der Waals surface area contributed by atoms with Gasteiger partial charge in [0.25, 0.3) is 5.56 Å². The minimum absolute atomic E-state index is 0.165. The van der Waals surface area contributed by atoms with Gasteiger partial charge in [0.2, 0.25) is 0 Å². The minimum atomic E-state index is -0.165. The third kappa shape index (κ3) is 2.54. The number of aryl methyl sites for hydroxylation is 1. The summed E-state index contributed by atoms with van der Waals surface area (Å²) in [4.78, 5) is 12.0. The first-order valence-corrected chi connectivity index (χ1v) is 5.69. The maximum Gasteiger partial charge on any atom is 0.280 e. The molecule has 98 valence electrons. The van der Waals surface area contributed by atoms with Gasteiger partial charge < -0.3 is 10.1 Å². The molecule has 0 amide bonds. The Morgan fingerprint density at radius 3 is 3.06 bits per heavy atom. The lowest BCUT2D eigenvalue weighted by molar-refractivity contribution is 0.199. The third-order valence-electron chi connectivity index (χ3n) is 2.60. The van der Waals surface area contributed by atoms with Crippen molar-refractivity contribution in [2.24, 2.45) is 7.05 Å². The van der Waals surface area contributed by atoms with Crippen molar-refractivity contribution in [1.82, 2.24) is 30.1 Å². The predicted molar refractivity (Wildman–Crippen MR) is 65.3 cm³/mol. The van der Waals surface area contributed by atoms with Crippen LogP contribution in [0, 0.1) is 0 Å². The SMILES string of the molecule is COCCNCCn1nnc2c(cnn2C)c1=O. The summed E-state index contributed by atoms with van der Waals surface area (Å²) < 4.78 is 7.78. The van der Waals surface area contributed by atoms with Crippen LogP contribution >= 0.6 is 0 Å². The van der Waals surface area contributed by atoms with Gasteiger partial charge >= 0.3 is 0 Å². The monoisotopic (exact) mass is 252 g/mol. The molecule has 0 bridgehead atoms. The molecule has 0 aliphatic carbocycles. The molecule has 0 atom stereocenters. The van der Waals surface area contributed by atoms with E-state index in [4.69, 9.17) is 4.74 Å². The van der Waals surface area contributed by atoms with Crippen molar-refractivity contribution in [3.63, 3.8) is 0 Å². The van der Waals surface area contributed by atoms with Crippen molar-refractivity contribution in [2.45, 2.75) is 6.54 Å². The molecular formula is C10H16N6O2. The van der Waals surface area contributed by atoms with E-state index in [0.29, 0.717) is 30.7 Å². The first-order valence-electron chi connectivity index (χ1n) is 5.69. The van der Waals surface area contributed by atoms with Gasteiger partial charge in [-0.15, -0.1) is 5.10 Å². The van der Waals surface area contributed by atoms with E-state index in [0.717, 1.165) is 6.54 Å². The van der Waals surface area contributed by atoms with Crippen molar-refractivity contribution in [3.8, 4) is 0 Å². The molecule has 0 saturated carbocycles. The Hall–Kier alpha value is -1.80. The smallest absolute Gasteiger partial charge is 0.280 e. The fraction of sp³-hybridized carbons (Fsp3) is 0.600. The number of rotatable bonds is 6. The van der Waals surface area contributed by atoms with Gasteiger partial charge in [-0.1, -0.05) is 5.21 Å². The lowest BCUT2D eigenvalue weighted by atomic mass is 10.4. The average molecular weight is 252 g/mol. The summed E-state index contributed by atoms with van der Waals surface area (Å²) in [6, 6.07) is 0. The molecule has 0 aliphatic rings. The van der Waals surface area contributed by atoms with Crippen molar-refractivity contribution >= 4 is 11.0 Å². The Labute approximate surface area is 104 Å². The van der Waals surface area contributed by atoms with Crippen LogP contribution in [0.3, 0.4) is 0 Å². The van der Waals surface area contributed by atoms with E-state index in [9.17, 15) is 4.79 Å². The molecule has 0 aliphatic heterocycles. The van der Waals surface area contributed by atoms with Gasteiger partial charge in [0.1, 0.15) is 5.39 Å². The molecule has 2 rings (SSSR count). The van der Waals surface area contributed by atoms with Gasteiger partial charge in [-0.2, -0.15) is 5.10 Å². The topological polar surface area (TPSA) is 86.9 Å². The zero-order valence-electron chi connectivity index (χ0n) is 10.5. The highest BCUT2D eigenvalue weighted by Gasteiger charge is 2.08. The van der Waals surface area contributed by atoms with Gasteiger partial charge in [0.05, 0.1) is 19.3 Å². The number of nitrogens with zero attached hydrogens (tertiary/aromatic N) is 5. The molecule has 2 heterocycles. The van der Waals surface area contributed by atoms with Crippen molar-refractivity contribution in [2.75, 3.05) is 26.8 Å².